The molecule has 96 valence electrons. The van der Waals surface area contributed by atoms with Crippen LogP contribution in [0.1, 0.15) is 30.5 Å². The van der Waals surface area contributed by atoms with Crippen LogP contribution in [-0.2, 0) is 16.6 Å². The molecule has 1 aromatic carbocycles. The predicted molar refractivity (Wildman–Crippen MR) is 72.7 cm³/mol. The third kappa shape index (κ3) is 2.01. The van der Waals surface area contributed by atoms with Gasteiger partial charge in [-0.05, 0) is 37.1 Å². The van der Waals surface area contributed by atoms with Crippen molar-refractivity contribution in [3.63, 3.8) is 0 Å². The van der Waals surface area contributed by atoms with Crippen molar-refractivity contribution >= 4 is 16.9 Å². The van der Waals surface area contributed by atoms with Crippen LogP contribution in [0.4, 0.5) is 0 Å². The lowest BCUT2D eigenvalue weighted by Crippen LogP contribution is -2.13. The fraction of sp³-hybridized carbons (Fsp3) is 0.400. The second-order valence-corrected chi connectivity index (χ2v) is 4.65. The number of ether oxygens (including phenoxy) is 1. The second-order valence-electron chi connectivity index (χ2n) is 4.65. The summed E-state index contributed by atoms with van der Waals surface area (Å²) in [6, 6.07) is 8.33. The van der Waals surface area contributed by atoms with Gasteiger partial charge in [0.2, 0.25) is 0 Å². The van der Waals surface area contributed by atoms with Crippen LogP contribution in [0.5, 0.6) is 0 Å². The van der Waals surface area contributed by atoms with Gasteiger partial charge in [0.05, 0.1) is 13.0 Å². The number of methoxy groups -OCH3 is 1. The van der Waals surface area contributed by atoms with Crippen molar-refractivity contribution in [3.05, 3.63) is 35.5 Å². The van der Waals surface area contributed by atoms with Crippen LogP contribution in [0.15, 0.2) is 24.3 Å². The van der Waals surface area contributed by atoms with E-state index in [1.54, 1.807) is 0 Å². The molecule has 0 N–H and O–H groups in total. The quantitative estimate of drug-likeness (QED) is 0.778. The van der Waals surface area contributed by atoms with Gasteiger partial charge in [-0.2, -0.15) is 0 Å². The minimum Gasteiger partial charge on any atom is -0.469 e. The first kappa shape index (κ1) is 12.7. The maximum atomic E-state index is 11.7. The van der Waals surface area contributed by atoms with Crippen LogP contribution in [-0.4, -0.2) is 17.6 Å². The fourth-order valence-electron chi connectivity index (χ4n) is 2.40. The Labute approximate surface area is 107 Å². The monoisotopic (exact) mass is 245 g/mol. The van der Waals surface area contributed by atoms with E-state index in [2.05, 4.69) is 36.7 Å². The van der Waals surface area contributed by atoms with Gasteiger partial charge in [0.25, 0.3) is 0 Å². The molecule has 3 nitrogen and oxygen atoms in total. The maximum Gasteiger partial charge on any atom is 0.313 e. The predicted octanol–water partition coefficient (Wildman–Crippen LogP) is 3.15. The van der Waals surface area contributed by atoms with E-state index >= 15 is 0 Å². The average Bonchev–Trinajstić information content (AvgIpc) is 2.65. The number of aryl methyl sites for hydroxylation is 2. The number of hydrogen-bond donors (Lipinski definition) is 0. The largest absolute Gasteiger partial charge is 0.469 e. The number of hydrogen-bond acceptors (Lipinski definition) is 2. The number of nitrogens with zero attached hydrogens (tertiary/aromatic N) is 1. The summed E-state index contributed by atoms with van der Waals surface area (Å²) in [5, 5.41) is 1.18. The van der Waals surface area contributed by atoms with Crippen molar-refractivity contribution in [2.24, 2.45) is 7.05 Å². The molecule has 0 aliphatic rings. The first-order valence-electron chi connectivity index (χ1n) is 6.22. The highest BCUT2D eigenvalue weighted by Gasteiger charge is 2.19. The molecule has 0 saturated heterocycles. The van der Waals surface area contributed by atoms with Crippen LogP contribution in [0, 0.1) is 6.92 Å². The normalized spacial score (nSPS) is 12.7. The highest BCUT2D eigenvalue weighted by atomic mass is 16.5. The van der Waals surface area contributed by atoms with Gasteiger partial charge in [-0.25, -0.2) is 0 Å². The van der Waals surface area contributed by atoms with Crippen LogP contribution < -0.4 is 0 Å². The van der Waals surface area contributed by atoms with E-state index in [-0.39, 0.29) is 11.9 Å². The molecular weight excluding hydrogens is 226 g/mol. The van der Waals surface area contributed by atoms with E-state index in [1.165, 1.54) is 23.7 Å². The van der Waals surface area contributed by atoms with Gasteiger partial charge < -0.3 is 9.30 Å². The average molecular weight is 245 g/mol. The van der Waals surface area contributed by atoms with Crippen molar-refractivity contribution in [3.8, 4) is 0 Å². The first-order valence-corrected chi connectivity index (χ1v) is 6.22. The summed E-state index contributed by atoms with van der Waals surface area (Å²) >= 11 is 0. The Balaban J connectivity index is 2.49. The zero-order chi connectivity index (χ0) is 13.3. The zero-order valence-corrected chi connectivity index (χ0v) is 11.4. The number of esters is 1. The number of rotatable bonds is 3. The number of fused-ring (bicyclic) bond motifs is 1. The second kappa shape index (κ2) is 4.84. The van der Waals surface area contributed by atoms with Crippen molar-refractivity contribution in [1.29, 1.82) is 0 Å². The topological polar surface area (TPSA) is 31.2 Å². The molecule has 0 aliphatic heterocycles. The summed E-state index contributed by atoms with van der Waals surface area (Å²) in [6.45, 7) is 4.08. The van der Waals surface area contributed by atoms with E-state index < -0.39 is 0 Å². The zero-order valence-electron chi connectivity index (χ0n) is 11.4. The van der Waals surface area contributed by atoms with E-state index in [0.717, 1.165) is 12.0 Å². The van der Waals surface area contributed by atoms with Crippen LogP contribution in [0.3, 0.4) is 0 Å². The standard InChI is InChI=1S/C15H19NO2/c1-5-13(15(17)18-4)11-6-7-14-12(9-11)8-10(2)16(14)3/h6-9,13H,5H2,1-4H3. The van der Waals surface area contributed by atoms with Gasteiger partial charge in [-0.3, -0.25) is 4.79 Å². The third-order valence-corrected chi connectivity index (χ3v) is 3.60. The van der Waals surface area contributed by atoms with Gasteiger partial charge in [0.1, 0.15) is 0 Å². The highest BCUT2D eigenvalue weighted by molar-refractivity contribution is 5.85. The van der Waals surface area contributed by atoms with Gasteiger partial charge in [-0.1, -0.05) is 13.0 Å². The minimum absolute atomic E-state index is 0.162. The molecule has 2 aromatic rings. The van der Waals surface area contributed by atoms with Crippen molar-refractivity contribution < 1.29 is 9.53 Å². The minimum atomic E-state index is -0.167. The molecule has 1 aromatic heterocycles. The maximum absolute atomic E-state index is 11.7. The lowest BCUT2D eigenvalue weighted by Gasteiger charge is -2.13. The smallest absolute Gasteiger partial charge is 0.313 e. The van der Waals surface area contributed by atoms with E-state index in [4.69, 9.17) is 4.74 Å². The number of carbonyl (C=O) groups excluding carboxylic acids is 1. The summed E-state index contributed by atoms with van der Waals surface area (Å²) in [5.74, 6) is -0.329. The Morgan fingerprint density at radius 2 is 2.11 bits per heavy atom. The summed E-state index contributed by atoms with van der Waals surface area (Å²) in [7, 11) is 3.49. The number of carbonyl (C=O) groups is 1. The molecule has 0 saturated carbocycles. The Morgan fingerprint density at radius 3 is 2.72 bits per heavy atom. The Morgan fingerprint density at radius 1 is 1.39 bits per heavy atom. The van der Waals surface area contributed by atoms with Gasteiger partial charge in [-0.15, -0.1) is 0 Å². The molecule has 1 atom stereocenters. The molecule has 18 heavy (non-hydrogen) atoms. The van der Waals surface area contributed by atoms with Gasteiger partial charge >= 0.3 is 5.97 Å². The summed E-state index contributed by atoms with van der Waals surface area (Å²) in [5.41, 5.74) is 3.44. The number of aromatic nitrogens is 1. The molecule has 1 heterocycles. The SMILES string of the molecule is CCC(C(=O)OC)c1ccc2c(c1)cc(C)n2C. The summed E-state index contributed by atoms with van der Waals surface area (Å²) in [4.78, 5) is 11.7. The Bertz CT molecular complexity index is 583. The van der Waals surface area contributed by atoms with E-state index in [9.17, 15) is 4.79 Å². The van der Waals surface area contributed by atoms with Crippen LogP contribution in [0.25, 0.3) is 10.9 Å². The van der Waals surface area contributed by atoms with Crippen molar-refractivity contribution in [2.45, 2.75) is 26.2 Å². The van der Waals surface area contributed by atoms with Crippen LogP contribution in [0.2, 0.25) is 0 Å². The Hall–Kier alpha value is -1.77. The van der Waals surface area contributed by atoms with E-state index in [1.807, 2.05) is 13.0 Å². The lowest BCUT2D eigenvalue weighted by molar-refractivity contribution is -0.142. The van der Waals surface area contributed by atoms with Crippen molar-refractivity contribution in [2.75, 3.05) is 7.11 Å². The molecule has 1 unspecified atom stereocenters. The summed E-state index contributed by atoms with van der Waals surface area (Å²) < 4.78 is 7.01. The van der Waals surface area contributed by atoms with Gasteiger partial charge in [0, 0.05) is 23.6 Å². The molecule has 0 spiro atoms. The molecule has 0 radical (unpaired) electrons. The molecule has 0 aliphatic carbocycles. The van der Waals surface area contributed by atoms with Crippen LogP contribution >= 0.6 is 0 Å². The Kier molecular flexibility index (Phi) is 3.41. The summed E-state index contributed by atoms with van der Waals surface area (Å²) in [6.07, 6.45) is 0.754. The molecule has 3 heteroatoms. The van der Waals surface area contributed by atoms with E-state index in [0.29, 0.717) is 0 Å². The molecule has 0 bridgehead atoms. The molecule has 0 fully saturated rings. The fourth-order valence-corrected chi connectivity index (χ4v) is 2.40. The molecular formula is C15H19NO2. The lowest BCUT2D eigenvalue weighted by atomic mass is 9.95. The van der Waals surface area contributed by atoms with Crippen molar-refractivity contribution in [1.82, 2.24) is 4.57 Å². The van der Waals surface area contributed by atoms with Gasteiger partial charge in [0.15, 0.2) is 0 Å². The number of benzene rings is 1. The third-order valence-electron chi connectivity index (χ3n) is 3.60. The molecule has 0 amide bonds. The highest BCUT2D eigenvalue weighted by Crippen LogP contribution is 2.26. The molecule has 2 rings (SSSR count). The first-order chi connectivity index (χ1) is 8.58.